The van der Waals surface area contributed by atoms with E-state index in [1.54, 1.807) is 0 Å². The van der Waals surface area contributed by atoms with Crippen molar-refractivity contribution < 1.29 is 8.83 Å². The highest BCUT2D eigenvalue weighted by Gasteiger charge is 2.30. The van der Waals surface area contributed by atoms with Gasteiger partial charge in [0.25, 0.3) is 0 Å². The van der Waals surface area contributed by atoms with E-state index in [1.165, 1.54) is 162 Å². The molecule has 0 unspecified atom stereocenters. The van der Waals surface area contributed by atoms with E-state index in [2.05, 4.69) is 240 Å². The van der Waals surface area contributed by atoms with Crippen molar-refractivity contribution in [3.63, 3.8) is 0 Å². The Hall–Kier alpha value is -9.64. The largest absolute Gasteiger partial charge is 0.454 e. The summed E-state index contributed by atoms with van der Waals surface area (Å²) in [6.45, 7) is 0. The molecule has 16 aromatic rings. The quantitative estimate of drug-likeness (QED) is 0.142. The van der Waals surface area contributed by atoms with Gasteiger partial charge in [0, 0.05) is 43.1 Å². The molecule has 4 nitrogen and oxygen atoms in total. The van der Waals surface area contributed by atoms with E-state index in [0.717, 1.165) is 67.2 Å². The lowest BCUT2D eigenvalue weighted by Crippen LogP contribution is -2.12. The van der Waals surface area contributed by atoms with Gasteiger partial charge in [-0.3, -0.25) is 0 Å². The van der Waals surface area contributed by atoms with Crippen LogP contribution in [0.25, 0.3) is 119 Å². The molecule has 402 valence electrons. The first kappa shape index (κ1) is 47.9. The van der Waals surface area contributed by atoms with Gasteiger partial charge >= 0.3 is 0 Å². The lowest BCUT2D eigenvalue weighted by molar-refractivity contribution is 0.442. The monoisotopic (exact) mass is 1080 g/mol. The van der Waals surface area contributed by atoms with E-state index < -0.39 is 0 Å². The minimum atomic E-state index is 0.467. The predicted molar refractivity (Wildman–Crippen MR) is 356 cm³/mol. The van der Waals surface area contributed by atoms with Crippen LogP contribution in [0.5, 0.6) is 0 Å². The normalized spacial score (nSPS) is 14.8. The van der Waals surface area contributed by atoms with Crippen molar-refractivity contribution in [3.05, 3.63) is 242 Å². The summed E-state index contributed by atoms with van der Waals surface area (Å²) >= 11 is 0. The Morgan fingerprint density at radius 1 is 0.238 bits per heavy atom. The Kier molecular flexibility index (Phi) is 10.8. The first-order chi connectivity index (χ1) is 41.7. The number of fused-ring (bicyclic) bond motifs is 12. The number of hydrogen-bond acceptors (Lipinski definition) is 4. The Balaban J connectivity index is 0.902. The SMILES string of the molecule is c1ccc2c(N(c3ccc4ccc5c(N(c6cccc7ccccc67)c6cccc7c6oc6c(C8CCCCC8)cc8ccccc8c67)ccc6ccc3c4c65)c3cccc4c3oc3c(C5CCCCC5)cc5ccccc5c34)cccc2c1. The Morgan fingerprint density at radius 3 is 1.04 bits per heavy atom. The van der Waals surface area contributed by atoms with E-state index in [9.17, 15) is 0 Å². The lowest BCUT2D eigenvalue weighted by Gasteiger charge is -2.30. The Labute approximate surface area is 487 Å². The fourth-order valence-electron chi connectivity index (χ4n) is 15.8. The van der Waals surface area contributed by atoms with E-state index in [1.807, 2.05) is 0 Å². The Morgan fingerprint density at radius 2 is 0.583 bits per heavy atom. The van der Waals surface area contributed by atoms with Crippen LogP contribution >= 0.6 is 0 Å². The van der Waals surface area contributed by atoms with Crippen molar-refractivity contribution in [1.29, 1.82) is 0 Å². The minimum Gasteiger partial charge on any atom is -0.454 e. The third kappa shape index (κ3) is 7.19. The molecule has 0 atom stereocenters. The van der Waals surface area contributed by atoms with E-state index in [-0.39, 0.29) is 0 Å². The van der Waals surface area contributed by atoms with Gasteiger partial charge in [0.05, 0.1) is 34.1 Å². The van der Waals surface area contributed by atoms with Crippen LogP contribution in [0.15, 0.2) is 239 Å². The second-order valence-electron chi connectivity index (χ2n) is 24.2. The molecule has 2 aliphatic rings. The van der Waals surface area contributed by atoms with Crippen molar-refractivity contribution >= 4 is 153 Å². The Bertz CT molecular complexity index is 4980. The summed E-state index contributed by atoms with van der Waals surface area (Å²) in [4.78, 5) is 5.02. The number of para-hydroxylation sites is 2. The number of nitrogens with zero attached hydrogens (tertiary/aromatic N) is 2. The van der Waals surface area contributed by atoms with E-state index >= 15 is 0 Å². The lowest BCUT2D eigenvalue weighted by atomic mass is 9.82. The van der Waals surface area contributed by atoms with Crippen molar-refractivity contribution in [2.24, 2.45) is 0 Å². The number of furan rings is 2. The number of hydrogen-bond donors (Lipinski definition) is 0. The van der Waals surface area contributed by atoms with Crippen LogP contribution in [-0.4, -0.2) is 0 Å². The molecular formula is C80H60N2O2. The molecule has 0 N–H and O–H groups in total. The topological polar surface area (TPSA) is 32.8 Å². The molecule has 2 heterocycles. The molecule has 0 spiro atoms. The highest BCUT2D eigenvalue weighted by molar-refractivity contribution is 6.30. The molecule has 0 radical (unpaired) electrons. The molecule has 2 aromatic heterocycles. The smallest absolute Gasteiger partial charge is 0.159 e. The maximum absolute atomic E-state index is 7.55. The summed E-state index contributed by atoms with van der Waals surface area (Å²) in [5.74, 6) is 0.934. The molecule has 18 rings (SSSR count). The molecule has 84 heavy (non-hydrogen) atoms. The first-order valence-corrected chi connectivity index (χ1v) is 30.7. The molecule has 0 aliphatic heterocycles. The predicted octanol–water partition coefficient (Wildman–Crippen LogP) is 24.0. The van der Waals surface area contributed by atoms with Crippen molar-refractivity contribution in [3.8, 4) is 0 Å². The summed E-state index contributed by atoms with van der Waals surface area (Å²) in [5.41, 5.74) is 13.1. The highest BCUT2D eigenvalue weighted by atomic mass is 16.3. The van der Waals surface area contributed by atoms with Crippen LogP contribution in [-0.2, 0) is 0 Å². The molecule has 0 bridgehead atoms. The van der Waals surface area contributed by atoms with Crippen molar-refractivity contribution in [2.45, 2.75) is 76.0 Å². The average Bonchev–Trinajstić information content (AvgIpc) is 1.55. The highest BCUT2D eigenvalue weighted by Crippen LogP contribution is 2.54. The van der Waals surface area contributed by atoms with Gasteiger partial charge < -0.3 is 18.6 Å². The summed E-state index contributed by atoms with van der Waals surface area (Å²) in [6, 6.07) is 86.4. The second-order valence-corrected chi connectivity index (χ2v) is 24.2. The van der Waals surface area contributed by atoms with Gasteiger partial charge in [-0.1, -0.05) is 221 Å². The first-order valence-electron chi connectivity index (χ1n) is 30.7. The fraction of sp³-hybridized carbons (Fsp3) is 0.150. The maximum Gasteiger partial charge on any atom is 0.159 e. The molecular weight excluding hydrogens is 1020 g/mol. The van der Waals surface area contributed by atoms with Gasteiger partial charge in [0.2, 0.25) is 0 Å². The van der Waals surface area contributed by atoms with Gasteiger partial charge in [-0.05, 0) is 151 Å². The van der Waals surface area contributed by atoms with Gasteiger partial charge in [-0.15, -0.1) is 0 Å². The number of rotatable bonds is 8. The molecule has 2 fully saturated rings. The number of benzene rings is 14. The fourth-order valence-corrected chi connectivity index (χ4v) is 15.8. The minimum absolute atomic E-state index is 0.467. The third-order valence-corrected chi connectivity index (χ3v) is 19.7. The molecule has 0 amide bonds. The van der Waals surface area contributed by atoms with Gasteiger partial charge in [-0.2, -0.15) is 0 Å². The third-order valence-electron chi connectivity index (χ3n) is 19.7. The van der Waals surface area contributed by atoms with Crippen LogP contribution in [0.1, 0.15) is 87.2 Å². The molecule has 2 aliphatic carbocycles. The standard InChI is InChI=1S/C80H60N2O2/c1-3-19-51(20-4-1)65-47-55-25-9-13-31-59(55)75-63-33-17-37-71(77(63)83-79(65)75)81(67-35-15-27-49-23-7-11-29-57(49)67)69-45-41-53-40-44-62-70(46-42-54-39-43-61(69)73(53)74(54)62)82(68-36-16-28-50-24-8-12-30-58(50)68)72-38-18-34-64-76-60-32-14-10-26-56(60)48-66(80(76)84-78(64)72)52-21-5-2-6-22-52/h7-18,23-48,51-52H,1-6,19-22H2. The van der Waals surface area contributed by atoms with Crippen LogP contribution < -0.4 is 9.80 Å². The summed E-state index contributed by atoms with van der Waals surface area (Å²) < 4.78 is 15.1. The van der Waals surface area contributed by atoms with Crippen LogP contribution in [0, 0.1) is 0 Å². The second kappa shape index (κ2) is 19.0. The van der Waals surface area contributed by atoms with Gasteiger partial charge in [-0.25, -0.2) is 0 Å². The molecule has 14 aromatic carbocycles. The molecule has 4 heteroatoms. The van der Waals surface area contributed by atoms with Gasteiger partial charge in [0.1, 0.15) is 11.2 Å². The van der Waals surface area contributed by atoms with Crippen molar-refractivity contribution in [1.82, 2.24) is 0 Å². The zero-order chi connectivity index (χ0) is 55.0. The molecule has 0 saturated heterocycles. The van der Waals surface area contributed by atoms with Crippen LogP contribution in [0.2, 0.25) is 0 Å². The van der Waals surface area contributed by atoms with Crippen LogP contribution in [0.3, 0.4) is 0 Å². The summed E-state index contributed by atoms with van der Waals surface area (Å²) in [5, 5.41) is 21.7. The summed E-state index contributed by atoms with van der Waals surface area (Å²) in [6.07, 6.45) is 12.4. The van der Waals surface area contributed by atoms with E-state index in [0.29, 0.717) is 11.8 Å². The zero-order valence-corrected chi connectivity index (χ0v) is 46.9. The van der Waals surface area contributed by atoms with Crippen molar-refractivity contribution in [2.75, 3.05) is 9.80 Å². The maximum atomic E-state index is 7.55. The number of anilines is 6. The van der Waals surface area contributed by atoms with E-state index in [4.69, 9.17) is 8.83 Å². The molecule has 2 saturated carbocycles. The zero-order valence-electron chi connectivity index (χ0n) is 46.9. The van der Waals surface area contributed by atoms with Gasteiger partial charge in [0.15, 0.2) is 11.2 Å². The van der Waals surface area contributed by atoms with Crippen LogP contribution in [0.4, 0.5) is 34.1 Å². The summed E-state index contributed by atoms with van der Waals surface area (Å²) in [7, 11) is 0. The average molecular weight is 1080 g/mol.